The molecule has 1 aliphatic rings. The van der Waals surface area contributed by atoms with Crippen LogP contribution in [0.3, 0.4) is 0 Å². The van der Waals surface area contributed by atoms with E-state index in [1.54, 1.807) is 0 Å². The van der Waals surface area contributed by atoms with Crippen LogP contribution in [0.1, 0.15) is 40.5 Å². The molecule has 0 saturated heterocycles. The van der Waals surface area contributed by atoms with Gasteiger partial charge in [0, 0.05) is 23.7 Å². The highest BCUT2D eigenvalue weighted by Crippen LogP contribution is 2.53. The van der Waals surface area contributed by atoms with Gasteiger partial charge in [0.2, 0.25) is 0 Å². The topological polar surface area (TPSA) is 57.2 Å². The Morgan fingerprint density at radius 1 is 1.21 bits per heavy atom. The average Bonchev–Trinajstić information content (AvgIpc) is 1.75. The van der Waals surface area contributed by atoms with Crippen LogP contribution in [0.2, 0.25) is 0 Å². The monoisotopic (exact) mass is 216 g/mol. The predicted octanol–water partition coefficient (Wildman–Crippen LogP) is 1.87. The molecule has 4 heteroatoms. The molecule has 3 nitrogen and oxygen atoms in total. The summed E-state index contributed by atoms with van der Waals surface area (Å²) in [5, 5.41) is 0. The number of hydrogen-bond donors (Lipinski definition) is 0. The molecule has 0 aromatic carbocycles. The number of rotatable bonds is 1. The van der Waals surface area contributed by atoms with Gasteiger partial charge < -0.3 is 4.89 Å². The zero-order valence-electron chi connectivity index (χ0n) is 9.16. The van der Waals surface area contributed by atoms with Crippen molar-refractivity contribution in [3.05, 3.63) is 0 Å². The Hall–Kier alpha value is -0.270. The molecule has 1 aliphatic carbocycles. The van der Waals surface area contributed by atoms with Crippen molar-refractivity contribution in [1.29, 1.82) is 0 Å². The highest BCUT2D eigenvalue weighted by atomic mass is 31.1. The highest BCUT2D eigenvalue weighted by molar-refractivity contribution is 7.37. The van der Waals surface area contributed by atoms with E-state index in [0.717, 1.165) is 0 Å². The molecular formula is C10H17O3P. The summed E-state index contributed by atoms with van der Waals surface area (Å²) in [6.07, 6.45) is 0.759. The summed E-state index contributed by atoms with van der Waals surface area (Å²) >= 11 is 0. The highest BCUT2D eigenvalue weighted by Gasteiger charge is 2.54. The van der Waals surface area contributed by atoms with E-state index >= 15 is 0 Å². The van der Waals surface area contributed by atoms with Gasteiger partial charge in [-0.05, 0) is 0 Å². The predicted molar refractivity (Wildman–Crippen MR) is 53.2 cm³/mol. The van der Waals surface area contributed by atoms with E-state index in [1.807, 2.05) is 27.7 Å². The van der Waals surface area contributed by atoms with Crippen LogP contribution in [-0.4, -0.2) is 11.4 Å². The van der Waals surface area contributed by atoms with Crippen molar-refractivity contribution in [2.24, 2.45) is 10.8 Å². The van der Waals surface area contributed by atoms with E-state index in [1.165, 1.54) is 0 Å². The molecular weight excluding hydrogens is 199 g/mol. The Labute approximate surface area is 85.8 Å². The zero-order chi connectivity index (χ0) is 11.1. The lowest BCUT2D eigenvalue weighted by atomic mass is 9.64. The van der Waals surface area contributed by atoms with Crippen LogP contribution >= 0.6 is 8.03 Å². The Morgan fingerprint density at radius 3 is 1.86 bits per heavy atom. The molecule has 1 rings (SSSR count). The Bertz CT molecular complexity index is 261. The minimum absolute atomic E-state index is 0.174. The third-order valence-electron chi connectivity index (χ3n) is 3.00. The molecule has 1 fully saturated rings. The maximum absolute atomic E-state index is 11.5. The Kier molecular flexibility index (Phi) is 2.86. The maximum atomic E-state index is 11.5. The normalized spacial score (nSPS) is 27.5. The zero-order valence-corrected chi connectivity index (χ0v) is 10.1. The van der Waals surface area contributed by atoms with E-state index in [4.69, 9.17) is 0 Å². The number of Topliss-reactive ketones (excluding diaryl/α,β-unsaturated/α-hetero) is 1. The second kappa shape index (κ2) is 3.39. The summed E-state index contributed by atoms with van der Waals surface area (Å²) in [5.74, 6) is 0.174. The summed E-state index contributed by atoms with van der Waals surface area (Å²) in [7, 11) is -2.47. The minimum Gasteiger partial charge on any atom is -0.595 e. The van der Waals surface area contributed by atoms with Gasteiger partial charge in [0.25, 0.3) is 0 Å². The quantitative estimate of drug-likeness (QED) is 0.629. The molecule has 80 valence electrons. The number of hydrogen-bond acceptors (Lipinski definition) is 3. The van der Waals surface area contributed by atoms with E-state index in [9.17, 15) is 14.3 Å². The third-order valence-corrected chi connectivity index (χ3v) is 4.82. The molecule has 0 spiro atoms. The van der Waals surface area contributed by atoms with Gasteiger partial charge in [-0.25, -0.2) is 0 Å². The SMILES string of the molecule is CC1(C)CC(=O)CC(C)(C)C1[P+](=O)[O-]. The number of ketones is 1. The summed E-state index contributed by atoms with van der Waals surface area (Å²) < 4.78 is 11.2. The first-order valence-electron chi connectivity index (χ1n) is 4.82. The van der Waals surface area contributed by atoms with Gasteiger partial charge in [0.05, 0.1) is 0 Å². The van der Waals surface area contributed by atoms with Gasteiger partial charge in [0.1, 0.15) is 5.78 Å². The fraction of sp³-hybridized carbons (Fsp3) is 0.900. The van der Waals surface area contributed by atoms with Crippen LogP contribution in [0.25, 0.3) is 0 Å². The molecule has 0 heterocycles. The number of carbonyl (C=O) groups excluding carboxylic acids is 1. The second-order valence-electron chi connectivity index (χ2n) is 5.56. The van der Waals surface area contributed by atoms with Crippen molar-refractivity contribution in [1.82, 2.24) is 0 Å². The van der Waals surface area contributed by atoms with E-state index in [2.05, 4.69) is 0 Å². The lowest BCUT2D eigenvalue weighted by Crippen LogP contribution is -2.47. The van der Waals surface area contributed by atoms with Crippen LogP contribution in [0.15, 0.2) is 0 Å². The van der Waals surface area contributed by atoms with Crippen molar-refractivity contribution < 1.29 is 14.3 Å². The first kappa shape index (κ1) is 11.8. The van der Waals surface area contributed by atoms with E-state index < -0.39 is 24.5 Å². The smallest absolute Gasteiger partial charge is 0.313 e. The molecule has 1 saturated carbocycles. The first-order chi connectivity index (χ1) is 6.17. The summed E-state index contributed by atoms with van der Waals surface area (Å²) in [6, 6.07) is 0. The molecule has 0 aromatic heterocycles. The van der Waals surface area contributed by atoms with Crippen LogP contribution < -0.4 is 4.89 Å². The molecule has 0 aromatic rings. The average molecular weight is 216 g/mol. The van der Waals surface area contributed by atoms with Crippen molar-refractivity contribution in [3.8, 4) is 0 Å². The van der Waals surface area contributed by atoms with Gasteiger partial charge in [-0.2, -0.15) is 0 Å². The van der Waals surface area contributed by atoms with Gasteiger partial charge in [-0.3, -0.25) is 4.79 Å². The minimum atomic E-state index is -2.47. The Balaban J connectivity index is 3.09. The largest absolute Gasteiger partial charge is 0.595 e. The molecule has 0 radical (unpaired) electrons. The van der Waals surface area contributed by atoms with Gasteiger partial charge in [0.15, 0.2) is 5.66 Å². The standard InChI is InChI=1S/C10H17O3P/c1-9(2)5-7(11)6-10(3,4)8(9)14(12)13/h8H,5-6H2,1-4H3. The van der Waals surface area contributed by atoms with Gasteiger partial charge in [-0.1, -0.05) is 32.3 Å². The van der Waals surface area contributed by atoms with E-state index in [0.29, 0.717) is 12.8 Å². The van der Waals surface area contributed by atoms with Gasteiger partial charge in [-0.15, -0.1) is 0 Å². The molecule has 0 N–H and O–H groups in total. The van der Waals surface area contributed by atoms with Crippen molar-refractivity contribution in [2.75, 3.05) is 0 Å². The lowest BCUT2D eigenvalue weighted by molar-refractivity contribution is -0.172. The van der Waals surface area contributed by atoms with Crippen LogP contribution in [0, 0.1) is 10.8 Å². The van der Waals surface area contributed by atoms with Crippen LogP contribution in [-0.2, 0) is 9.36 Å². The first-order valence-corrected chi connectivity index (χ1v) is 6.07. The maximum Gasteiger partial charge on any atom is 0.313 e. The molecule has 1 atom stereocenters. The van der Waals surface area contributed by atoms with Crippen molar-refractivity contribution in [3.63, 3.8) is 0 Å². The number of carbonyl (C=O) groups is 1. The molecule has 1 unspecified atom stereocenters. The van der Waals surface area contributed by atoms with Crippen LogP contribution in [0.5, 0.6) is 0 Å². The van der Waals surface area contributed by atoms with Crippen molar-refractivity contribution in [2.45, 2.75) is 46.2 Å². The fourth-order valence-electron chi connectivity index (χ4n) is 2.90. The second-order valence-corrected chi connectivity index (χ2v) is 6.64. The van der Waals surface area contributed by atoms with Crippen molar-refractivity contribution >= 4 is 13.8 Å². The summed E-state index contributed by atoms with van der Waals surface area (Å²) in [6.45, 7) is 7.45. The van der Waals surface area contributed by atoms with Crippen LogP contribution in [0.4, 0.5) is 0 Å². The summed E-state index contributed by atoms with van der Waals surface area (Å²) in [5.41, 5.74) is -1.25. The van der Waals surface area contributed by atoms with E-state index in [-0.39, 0.29) is 5.78 Å². The molecule has 0 bridgehead atoms. The molecule has 14 heavy (non-hydrogen) atoms. The van der Waals surface area contributed by atoms with Gasteiger partial charge >= 0.3 is 8.03 Å². The molecule has 0 amide bonds. The lowest BCUT2D eigenvalue weighted by Gasteiger charge is -2.42. The fourth-order valence-corrected chi connectivity index (χ4v) is 4.22. The summed E-state index contributed by atoms with van der Waals surface area (Å²) in [4.78, 5) is 22.7. The molecule has 0 aliphatic heterocycles. The Morgan fingerprint density at radius 2 is 1.57 bits per heavy atom. The third kappa shape index (κ3) is 2.04.